The molecular weight excluding hydrogens is 320 g/mol. The Labute approximate surface area is 114 Å². The SMILES string of the molecule is Cn1cc(C(=O)c2sccc2Br)c(=O)n(C)c1=O. The van der Waals surface area contributed by atoms with Gasteiger partial charge in [-0.3, -0.25) is 14.2 Å². The average Bonchev–Trinajstić information content (AvgIpc) is 2.76. The standard InChI is InChI=1S/C11H9BrN2O3S/c1-13-5-6(10(16)14(2)11(13)17)8(15)9-7(12)3-4-18-9/h3-5H,1-2H3. The minimum atomic E-state index is -0.580. The van der Waals surface area contributed by atoms with Crippen LogP contribution in [0.2, 0.25) is 0 Å². The number of thiophene rings is 1. The molecule has 0 aliphatic rings. The molecule has 0 aliphatic carbocycles. The van der Waals surface area contributed by atoms with Crippen LogP contribution in [0.4, 0.5) is 0 Å². The Hall–Kier alpha value is -1.47. The van der Waals surface area contributed by atoms with Gasteiger partial charge in [-0.25, -0.2) is 4.79 Å². The molecule has 0 saturated carbocycles. The lowest BCUT2D eigenvalue weighted by Crippen LogP contribution is -2.39. The molecular formula is C11H9BrN2O3S. The summed E-state index contributed by atoms with van der Waals surface area (Å²) in [7, 11) is 2.85. The average molecular weight is 329 g/mol. The molecule has 0 bridgehead atoms. The van der Waals surface area contributed by atoms with Crippen molar-refractivity contribution < 1.29 is 4.79 Å². The Morgan fingerprint density at radius 3 is 2.56 bits per heavy atom. The van der Waals surface area contributed by atoms with Crippen LogP contribution in [0.5, 0.6) is 0 Å². The predicted octanol–water partition coefficient (Wildman–Crippen LogP) is 1.14. The highest BCUT2D eigenvalue weighted by Crippen LogP contribution is 2.24. The zero-order valence-corrected chi connectivity index (χ0v) is 12.0. The Kier molecular flexibility index (Phi) is 3.36. The Morgan fingerprint density at radius 2 is 2.00 bits per heavy atom. The van der Waals surface area contributed by atoms with E-state index in [1.54, 1.807) is 11.4 Å². The van der Waals surface area contributed by atoms with E-state index < -0.39 is 11.2 Å². The van der Waals surface area contributed by atoms with E-state index in [4.69, 9.17) is 0 Å². The Bertz CT molecular complexity index is 741. The molecule has 18 heavy (non-hydrogen) atoms. The van der Waals surface area contributed by atoms with Gasteiger partial charge in [0.1, 0.15) is 5.56 Å². The molecule has 2 heterocycles. The number of ketones is 1. The smallest absolute Gasteiger partial charge is 0.303 e. The molecule has 0 saturated heterocycles. The molecule has 0 fully saturated rings. The van der Waals surface area contributed by atoms with Crippen LogP contribution < -0.4 is 11.2 Å². The fraction of sp³-hybridized carbons (Fsp3) is 0.182. The third-order valence-electron chi connectivity index (χ3n) is 2.51. The van der Waals surface area contributed by atoms with Crippen LogP contribution in [0.3, 0.4) is 0 Å². The second-order valence-corrected chi connectivity index (χ2v) is 5.50. The highest BCUT2D eigenvalue weighted by Gasteiger charge is 2.19. The van der Waals surface area contributed by atoms with Gasteiger partial charge in [0.25, 0.3) is 5.56 Å². The molecule has 0 amide bonds. The van der Waals surface area contributed by atoms with Crippen molar-refractivity contribution in [1.82, 2.24) is 9.13 Å². The van der Waals surface area contributed by atoms with Crippen LogP contribution in [0, 0.1) is 0 Å². The van der Waals surface area contributed by atoms with E-state index >= 15 is 0 Å². The van der Waals surface area contributed by atoms with Crippen LogP contribution in [-0.2, 0) is 14.1 Å². The first kappa shape index (κ1) is 13.0. The quantitative estimate of drug-likeness (QED) is 0.777. The predicted molar refractivity (Wildman–Crippen MR) is 72.4 cm³/mol. The summed E-state index contributed by atoms with van der Waals surface area (Å²) in [6, 6.07) is 1.74. The van der Waals surface area contributed by atoms with Crippen molar-refractivity contribution in [2.24, 2.45) is 14.1 Å². The molecule has 0 unspecified atom stereocenters. The molecule has 5 nitrogen and oxygen atoms in total. The number of hydrogen-bond donors (Lipinski definition) is 0. The van der Waals surface area contributed by atoms with Gasteiger partial charge in [0.2, 0.25) is 5.78 Å². The molecule has 2 aromatic rings. The minimum absolute atomic E-state index is 0.0113. The summed E-state index contributed by atoms with van der Waals surface area (Å²) < 4.78 is 2.79. The van der Waals surface area contributed by atoms with E-state index in [9.17, 15) is 14.4 Å². The van der Waals surface area contributed by atoms with Gasteiger partial charge in [-0.05, 0) is 27.4 Å². The van der Waals surface area contributed by atoms with Crippen molar-refractivity contribution in [2.75, 3.05) is 0 Å². The number of nitrogens with zero attached hydrogens (tertiary/aromatic N) is 2. The van der Waals surface area contributed by atoms with Gasteiger partial charge in [0.05, 0.1) is 4.88 Å². The van der Waals surface area contributed by atoms with Crippen molar-refractivity contribution in [3.8, 4) is 0 Å². The molecule has 0 atom stereocenters. The van der Waals surface area contributed by atoms with Crippen LogP contribution in [0.25, 0.3) is 0 Å². The van der Waals surface area contributed by atoms with Crippen LogP contribution >= 0.6 is 27.3 Å². The van der Waals surface area contributed by atoms with Gasteiger partial charge in [-0.1, -0.05) is 0 Å². The van der Waals surface area contributed by atoms with Gasteiger partial charge in [-0.2, -0.15) is 0 Å². The van der Waals surface area contributed by atoms with Crippen molar-refractivity contribution in [3.63, 3.8) is 0 Å². The van der Waals surface area contributed by atoms with Crippen molar-refractivity contribution in [3.05, 3.63) is 53.4 Å². The summed E-state index contributed by atoms with van der Waals surface area (Å²) in [5.41, 5.74) is -1.05. The molecule has 0 radical (unpaired) electrons. The highest BCUT2D eigenvalue weighted by atomic mass is 79.9. The minimum Gasteiger partial charge on any atom is -0.303 e. The molecule has 94 valence electrons. The van der Waals surface area contributed by atoms with Crippen molar-refractivity contribution in [1.29, 1.82) is 0 Å². The second-order valence-electron chi connectivity index (χ2n) is 3.73. The lowest BCUT2D eigenvalue weighted by Gasteiger charge is -2.05. The summed E-state index contributed by atoms with van der Waals surface area (Å²) in [5.74, 6) is -0.381. The van der Waals surface area contributed by atoms with Crippen LogP contribution in [0.15, 0.2) is 31.7 Å². The molecule has 2 rings (SSSR count). The van der Waals surface area contributed by atoms with Gasteiger partial charge < -0.3 is 4.57 Å². The van der Waals surface area contributed by atoms with E-state index in [-0.39, 0.29) is 11.3 Å². The van der Waals surface area contributed by atoms with Crippen LogP contribution in [-0.4, -0.2) is 14.9 Å². The number of halogens is 1. The van der Waals surface area contributed by atoms with E-state index in [1.165, 1.54) is 36.2 Å². The summed E-state index contributed by atoms with van der Waals surface area (Å²) in [4.78, 5) is 36.1. The van der Waals surface area contributed by atoms with Gasteiger partial charge >= 0.3 is 5.69 Å². The van der Waals surface area contributed by atoms with Gasteiger partial charge in [0, 0.05) is 24.8 Å². The molecule has 7 heteroatoms. The summed E-state index contributed by atoms with van der Waals surface area (Å²) in [5, 5.41) is 1.75. The molecule has 0 aromatic carbocycles. The number of aromatic nitrogens is 2. The third-order valence-corrected chi connectivity index (χ3v) is 4.35. The number of hydrogen-bond acceptors (Lipinski definition) is 4. The van der Waals surface area contributed by atoms with Crippen LogP contribution in [0.1, 0.15) is 15.2 Å². The largest absolute Gasteiger partial charge is 0.330 e. The van der Waals surface area contributed by atoms with Gasteiger partial charge in [-0.15, -0.1) is 11.3 Å². The maximum Gasteiger partial charge on any atom is 0.330 e. The topological polar surface area (TPSA) is 61.1 Å². The first-order chi connectivity index (χ1) is 8.43. The number of rotatable bonds is 2. The number of carbonyl (C=O) groups is 1. The highest BCUT2D eigenvalue weighted by molar-refractivity contribution is 9.10. The van der Waals surface area contributed by atoms with E-state index in [0.29, 0.717) is 9.35 Å². The summed E-state index contributed by atoms with van der Waals surface area (Å²) >= 11 is 4.50. The maximum absolute atomic E-state index is 12.2. The van der Waals surface area contributed by atoms with E-state index in [2.05, 4.69) is 15.9 Å². The zero-order valence-electron chi connectivity index (χ0n) is 9.64. The molecule has 2 aromatic heterocycles. The Morgan fingerprint density at radius 1 is 1.33 bits per heavy atom. The fourth-order valence-electron chi connectivity index (χ4n) is 1.54. The molecule has 0 N–H and O–H groups in total. The summed E-state index contributed by atoms with van der Waals surface area (Å²) in [6.45, 7) is 0. The molecule has 0 aliphatic heterocycles. The lowest BCUT2D eigenvalue weighted by molar-refractivity contribution is 0.103. The van der Waals surface area contributed by atoms with E-state index in [1.807, 2.05) is 0 Å². The van der Waals surface area contributed by atoms with Crippen molar-refractivity contribution in [2.45, 2.75) is 0 Å². The lowest BCUT2D eigenvalue weighted by atomic mass is 10.2. The summed E-state index contributed by atoms with van der Waals surface area (Å²) in [6.07, 6.45) is 1.28. The zero-order chi connectivity index (χ0) is 13.4. The van der Waals surface area contributed by atoms with Gasteiger partial charge in [0.15, 0.2) is 0 Å². The fourth-order valence-corrected chi connectivity index (χ4v) is 3.05. The van der Waals surface area contributed by atoms with E-state index in [0.717, 1.165) is 4.57 Å². The number of carbonyl (C=O) groups excluding carboxylic acids is 1. The third kappa shape index (κ3) is 1.99. The second kappa shape index (κ2) is 4.66. The first-order valence-electron chi connectivity index (χ1n) is 4.98. The maximum atomic E-state index is 12.2. The monoisotopic (exact) mass is 328 g/mol. The first-order valence-corrected chi connectivity index (χ1v) is 6.65. The molecule has 0 spiro atoms. The van der Waals surface area contributed by atoms with Crippen molar-refractivity contribution >= 4 is 33.0 Å². The Balaban J connectivity index is 2.67. The number of aryl methyl sites for hydroxylation is 1. The normalized spacial score (nSPS) is 10.6.